The van der Waals surface area contributed by atoms with Crippen molar-refractivity contribution >= 4 is 11.5 Å². The fourth-order valence-electron chi connectivity index (χ4n) is 2.56. The summed E-state index contributed by atoms with van der Waals surface area (Å²) in [5.41, 5.74) is 1.95. The molecule has 0 saturated carbocycles. The van der Waals surface area contributed by atoms with Crippen LogP contribution < -0.4 is 4.90 Å². The molecule has 2 rings (SSSR count). The van der Waals surface area contributed by atoms with E-state index in [4.69, 9.17) is 9.84 Å². The molecule has 0 aliphatic carbocycles. The monoisotopic (exact) mass is 277 g/mol. The lowest BCUT2D eigenvalue weighted by atomic mass is 10.1. The zero-order chi connectivity index (χ0) is 14.4. The Kier molecular flexibility index (Phi) is 5.56. The van der Waals surface area contributed by atoms with E-state index in [1.807, 2.05) is 31.2 Å². The standard InChI is InChI=1S/C16H23NO3/c1-2-16(19)13-3-5-14(6-4-13)17-9-7-15(8-10-17)20-12-11-18/h3-6,15,18H,2,7-12H2,1H3. The van der Waals surface area contributed by atoms with Gasteiger partial charge in [0.2, 0.25) is 0 Å². The highest BCUT2D eigenvalue weighted by atomic mass is 16.5. The quantitative estimate of drug-likeness (QED) is 0.810. The number of ketones is 1. The number of nitrogens with zero attached hydrogens (tertiary/aromatic N) is 1. The topological polar surface area (TPSA) is 49.8 Å². The maximum Gasteiger partial charge on any atom is 0.162 e. The Labute approximate surface area is 120 Å². The van der Waals surface area contributed by atoms with E-state index in [0.717, 1.165) is 31.5 Å². The van der Waals surface area contributed by atoms with Gasteiger partial charge < -0.3 is 14.7 Å². The average molecular weight is 277 g/mol. The summed E-state index contributed by atoms with van der Waals surface area (Å²) in [6.45, 7) is 4.31. The highest BCUT2D eigenvalue weighted by Crippen LogP contribution is 2.22. The molecule has 0 atom stereocenters. The van der Waals surface area contributed by atoms with Crippen molar-refractivity contribution in [1.29, 1.82) is 0 Å². The van der Waals surface area contributed by atoms with Crippen molar-refractivity contribution in [2.24, 2.45) is 0 Å². The number of anilines is 1. The lowest BCUT2D eigenvalue weighted by Crippen LogP contribution is -2.37. The molecule has 20 heavy (non-hydrogen) atoms. The molecule has 0 radical (unpaired) electrons. The Morgan fingerprint density at radius 3 is 2.50 bits per heavy atom. The fourth-order valence-corrected chi connectivity index (χ4v) is 2.56. The fraction of sp³-hybridized carbons (Fsp3) is 0.562. The molecule has 1 fully saturated rings. The molecule has 0 spiro atoms. The summed E-state index contributed by atoms with van der Waals surface area (Å²) in [6.07, 6.45) is 2.78. The Hall–Kier alpha value is -1.39. The molecule has 1 N–H and O–H groups in total. The lowest BCUT2D eigenvalue weighted by molar-refractivity contribution is 0.0159. The third-order valence-electron chi connectivity index (χ3n) is 3.76. The lowest BCUT2D eigenvalue weighted by Gasteiger charge is -2.33. The van der Waals surface area contributed by atoms with Crippen LogP contribution in [0.4, 0.5) is 5.69 Å². The van der Waals surface area contributed by atoms with Crippen LogP contribution in [0.3, 0.4) is 0 Å². The van der Waals surface area contributed by atoms with Gasteiger partial charge in [-0.15, -0.1) is 0 Å². The SMILES string of the molecule is CCC(=O)c1ccc(N2CCC(OCCO)CC2)cc1. The first-order valence-corrected chi connectivity index (χ1v) is 7.35. The minimum atomic E-state index is 0.0904. The predicted octanol–water partition coefficient (Wildman–Crippen LogP) is 2.26. The molecule has 1 aromatic rings. The maximum absolute atomic E-state index is 11.6. The Morgan fingerprint density at radius 2 is 1.95 bits per heavy atom. The molecule has 0 unspecified atom stereocenters. The number of Topliss-reactive ketones (excluding diaryl/α,β-unsaturated/α-hetero) is 1. The second-order valence-electron chi connectivity index (χ2n) is 5.10. The normalized spacial score (nSPS) is 16.4. The zero-order valence-corrected chi connectivity index (χ0v) is 12.0. The third-order valence-corrected chi connectivity index (χ3v) is 3.76. The molecular formula is C16H23NO3. The third kappa shape index (κ3) is 3.81. The Morgan fingerprint density at radius 1 is 1.30 bits per heavy atom. The Bertz CT molecular complexity index is 422. The molecule has 1 aliphatic rings. The van der Waals surface area contributed by atoms with E-state index < -0.39 is 0 Å². The van der Waals surface area contributed by atoms with Crippen LogP contribution in [0, 0.1) is 0 Å². The summed E-state index contributed by atoms with van der Waals surface area (Å²) in [5.74, 6) is 0.188. The van der Waals surface area contributed by atoms with E-state index in [9.17, 15) is 4.79 Å². The molecule has 4 heteroatoms. The number of ether oxygens (including phenoxy) is 1. The van der Waals surface area contributed by atoms with Gasteiger partial charge in [-0.1, -0.05) is 6.92 Å². The van der Waals surface area contributed by atoms with Gasteiger partial charge in [-0.25, -0.2) is 0 Å². The van der Waals surface area contributed by atoms with Crippen molar-refractivity contribution in [2.75, 3.05) is 31.2 Å². The first-order valence-electron chi connectivity index (χ1n) is 7.35. The summed E-state index contributed by atoms with van der Waals surface area (Å²) >= 11 is 0. The largest absolute Gasteiger partial charge is 0.394 e. The van der Waals surface area contributed by atoms with Gasteiger partial charge in [0.1, 0.15) is 0 Å². The zero-order valence-electron chi connectivity index (χ0n) is 12.0. The number of piperidine rings is 1. The van der Waals surface area contributed by atoms with Crippen molar-refractivity contribution < 1.29 is 14.6 Å². The Balaban J connectivity index is 1.89. The van der Waals surface area contributed by atoms with Gasteiger partial charge in [-0.3, -0.25) is 4.79 Å². The number of hydrogen-bond donors (Lipinski definition) is 1. The van der Waals surface area contributed by atoms with Gasteiger partial charge in [0.15, 0.2) is 5.78 Å². The van der Waals surface area contributed by atoms with E-state index in [1.165, 1.54) is 5.69 Å². The van der Waals surface area contributed by atoms with Gasteiger partial charge in [0, 0.05) is 30.8 Å². The van der Waals surface area contributed by atoms with Crippen molar-refractivity contribution in [3.63, 3.8) is 0 Å². The van der Waals surface area contributed by atoms with E-state index in [-0.39, 0.29) is 18.5 Å². The van der Waals surface area contributed by atoms with E-state index >= 15 is 0 Å². The minimum absolute atomic E-state index is 0.0904. The van der Waals surface area contributed by atoms with Crippen LogP contribution in [0.2, 0.25) is 0 Å². The van der Waals surface area contributed by atoms with Crippen molar-refractivity contribution in [3.8, 4) is 0 Å². The summed E-state index contributed by atoms with van der Waals surface area (Å²) in [4.78, 5) is 13.9. The number of rotatable bonds is 6. The van der Waals surface area contributed by atoms with Crippen LogP contribution in [0.5, 0.6) is 0 Å². The van der Waals surface area contributed by atoms with Gasteiger partial charge >= 0.3 is 0 Å². The molecule has 4 nitrogen and oxygen atoms in total. The summed E-state index contributed by atoms with van der Waals surface area (Å²) in [6, 6.07) is 7.88. The van der Waals surface area contributed by atoms with Crippen LogP contribution >= 0.6 is 0 Å². The molecule has 1 saturated heterocycles. The molecule has 1 aromatic carbocycles. The van der Waals surface area contributed by atoms with Gasteiger partial charge in [-0.05, 0) is 37.1 Å². The number of aliphatic hydroxyl groups excluding tert-OH is 1. The molecule has 1 heterocycles. The summed E-state index contributed by atoms with van der Waals surface area (Å²) in [7, 11) is 0. The number of hydrogen-bond acceptors (Lipinski definition) is 4. The van der Waals surface area contributed by atoms with Crippen LogP contribution in [0.25, 0.3) is 0 Å². The second-order valence-corrected chi connectivity index (χ2v) is 5.10. The van der Waals surface area contributed by atoms with Crippen LogP contribution in [-0.4, -0.2) is 43.3 Å². The van der Waals surface area contributed by atoms with E-state index in [2.05, 4.69) is 4.90 Å². The van der Waals surface area contributed by atoms with Crippen molar-refractivity contribution in [3.05, 3.63) is 29.8 Å². The van der Waals surface area contributed by atoms with Gasteiger partial charge in [0.05, 0.1) is 19.3 Å². The smallest absolute Gasteiger partial charge is 0.162 e. The molecular weight excluding hydrogens is 254 g/mol. The van der Waals surface area contributed by atoms with Crippen LogP contribution in [0.15, 0.2) is 24.3 Å². The number of aliphatic hydroxyl groups is 1. The summed E-state index contributed by atoms with van der Waals surface area (Å²) < 4.78 is 5.56. The molecule has 0 aromatic heterocycles. The van der Waals surface area contributed by atoms with Crippen molar-refractivity contribution in [1.82, 2.24) is 0 Å². The average Bonchev–Trinajstić information content (AvgIpc) is 2.53. The molecule has 110 valence electrons. The van der Waals surface area contributed by atoms with E-state index in [0.29, 0.717) is 13.0 Å². The number of carbonyl (C=O) groups is 1. The van der Waals surface area contributed by atoms with Crippen LogP contribution in [0.1, 0.15) is 36.5 Å². The first-order chi connectivity index (χ1) is 9.74. The summed E-state index contributed by atoms with van der Waals surface area (Å²) in [5, 5.41) is 8.76. The minimum Gasteiger partial charge on any atom is -0.394 e. The second kappa shape index (κ2) is 7.41. The molecule has 0 amide bonds. The number of benzene rings is 1. The van der Waals surface area contributed by atoms with E-state index in [1.54, 1.807) is 0 Å². The highest BCUT2D eigenvalue weighted by molar-refractivity contribution is 5.96. The first kappa shape index (κ1) is 15.0. The van der Waals surface area contributed by atoms with Crippen LogP contribution in [-0.2, 0) is 4.74 Å². The number of carbonyl (C=O) groups excluding carboxylic acids is 1. The van der Waals surface area contributed by atoms with Gasteiger partial charge in [0.25, 0.3) is 0 Å². The predicted molar refractivity (Wildman–Crippen MR) is 79.3 cm³/mol. The van der Waals surface area contributed by atoms with Gasteiger partial charge in [-0.2, -0.15) is 0 Å². The maximum atomic E-state index is 11.6. The van der Waals surface area contributed by atoms with Crippen molar-refractivity contribution in [2.45, 2.75) is 32.3 Å². The molecule has 0 bridgehead atoms. The highest BCUT2D eigenvalue weighted by Gasteiger charge is 2.19. The molecule has 1 aliphatic heterocycles.